The van der Waals surface area contributed by atoms with Gasteiger partial charge in [0.15, 0.2) is 6.19 Å². The molecule has 0 bridgehead atoms. The monoisotopic (exact) mass is 411 g/mol. The van der Waals surface area contributed by atoms with Crippen LogP contribution in [0, 0.1) is 11.5 Å². The number of rotatable bonds is 9. The van der Waals surface area contributed by atoms with Crippen LogP contribution in [0.25, 0.3) is 0 Å². The molecule has 1 amide bonds. The second-order valence-electron chi connectivity index (χ2n) is 5.30. The number of ether oxygens (including phenoxy) is 2. The van der Waals surface area contributed by atoms with Crippen molar-refractivity contribution in [3.05, 3.63) is 18.2 Å². The Morgan fingerprint density at radius 1 is 1.46 bits per heavy atom. The summed E-state index contributed by atoms with van der Waals surface area (Å²) in [6, 6.07) is -0.274. The summed E-state index contributed by atoms with van der Waals surface area (Å²) < 4.78 is 10.9. The molecular weight excluding hydrogens is 386 g/mol. The predicted octanol–water partition coefficient (Wildman–Crippen LogP) is 0.835. The largest absolute Gasteiger partial charge is 0.508 e. The van der Waals surface area contributed by atoms with E-state index < -0.39 is 6.16 Å². The maximum Gasteiger partial charge on any atom is 0.508 e. The molecule has 0 unspecified atom stereocenters. The first kappa shape index (κ1) is 23.1. The van der Waals surface area contributed by atoms with Gasteiger partial charge in [-0.15, -0.1) is 0 Å². The summed E-state index contributed by atoms with van der Waals surface area (Å²) >= 11 is 1.63. The average molecular weight is 411 g/mol. The fourth-order valence-corrected chi connectivity index (χ4v) is 2.66. The molecule has 0 saturated carbocycles. The molecule has 0 fully saturated rings. The number of nitrogens with zero attached hydrogens (tertiary/aromatic N) is 5. The van der Waals surface area contributed by atoms with Gasteiger partial charge in [0.25, 0.3) is 0 Å². The van der Waals surface area contributed by atoms with Gasteiger partial charge in [0.05, 0.1) is 18.8 Å². The number of aliphatic imine (C=N–C) groups is 1. The minimum Gasteiger partial charge on any atom is -0.435 e. The summed E-state index contributed by atoms with van der Waals surface area (Å²) in [5, 5.41) is 14.0. The normalized spacial score (nSPS) is 10.7. The summed E-state index contributed by atoms with van der Waals surface area (Å²) in [7, 11) is 3.20. The van der Waals surface area contributed by atoms with E-state index in [0.717, 1.165) is 11.4 Å². The molecule has 0 atom stereocenters. The Morgan fingerprint density at radius 3 is 2.93 bits per heavy atom. The van der Waals surface area contributed by atoms with Gasteiger partial charge >= 0.3 is 12.2 Å². The minimum atomic E-state index is -0.750. The number of carbonyl (C=O) groups is 2. The van der Waals surface area contributed by atoms with E-state index >= 15 is 0 Å². The third kappa shape index (κ3) is 8.63. The zero-order chi connectivity index (χ0) is 20.8. The number of imidazole rings is 1. The van der Waals surface area contributed by atoms with Gasteiger partial charge in [0.2, 0.25) is 5.96 Å². The van der Waals surface area contributed by atoms with Crippen molar-refractivity contribution < 1.29 is 19.1 Å². The fourth-order valence-electron chi connectivity index (χ4n) is 1.91. The van der Waals surface area contributed by atoms with E-state index in [9.17, 15) is 9.59 Å². The maximum absolute atomic E-state index is 12.3. The molecule has 28 heavy (non-hydrogen) atoms. The van der Waals surface area contributed by atoms with Gasteiger partial charge in [-0.1, -0.05) is 0 Å². The topological polar surface area (TPSA) is 134 Å². The van der Waals surface area contributed by atoms with Crippen LogP contribution in [0.2, 0.25) is 0 Å². The number of amides is 1. The Bertz CT molecular complexity index is 701. The Hall–Kier alpha value is -2.94. The molecule has 0 aliphatic heterocycles. The van der Waals surface area contributed by atoms with E-state index in [1.54, 1.807) is 45.2 Å². The average Bonchev–Trinajstić information content (AvgIpc) is 3.15. The highest BCUT2D eigenvalue weighted by Crippen LogP contribution is 2.10. The molecule has 11 nitrogen and oxygen atoms in total. The van der Waals surface area contributed by atoms with E-state index in [2.05, 4.69) is 25.3 Å². The van der Waals surface area contributed by atoms with Crippen LogP contribution in [0.3, 0.4) is 0 Å². The van der Waals surface area contributed by atoms with Crippen molar-refractivity contribution in [3.8, 4) is 6.19 Å². The van der Waals surface area contributed by atoms with Crippen LogP contribution in [-0.4, -0.2) is 78.7 Å². The van der Waals surface area contributed by atoms with Crippen LogP contribution < -0.4 is 10.6 Å². The smallest absolute Gasteiger partial charge is 0.435 e. The molecule has 1 heterocycles. The number of nitriles is 1. The van der Waals surface area contributed by atoms with E-state index in [0.29, 0.717) is 18.3 Å². The highest BCUT2D eigenvalue weighted by Gasteiger charge is 2.13. The van der Waals surface area contributed by atoms with E-state index in [1.165, 1.54) is 15.8 Å². The summed E-state index contributed by atoms with van der Waals surface area (Å²) in [5.41, 5.74) is 0.772. The van der Waals surface area contributed by atoms with Gasteiger partial charge in [-0.3, -0.25) is 14.9 Å². The number of guanidine groups is 1. The predicted molar refractivity (Wildman–Crippen MR) is 105 cm³/mol. The molecule has 0 radical (unpaired) electrons. The molecule has 154 valence electrons. The Morgan fingerprint density at radius 2 is 2.25 bits per heavy atom. The Labute approximate surface area is 168 Å². The molecule has 0 aliphatic rings. The lowest BCUT2D eigenvalue weighted by Gasteiger charge is -2.16. The molecule has 12 heteroatoms. The van der Waals surface area contributed by atoms with Crippen LogP contribution in [0.5, 0.6) is 0 Å². The van der Waals surface area contributed by atoms with Crippen LogP contribution >= 0.6 is 11.8 Å². The zero-order valence-electron chi connectivity index (χ0n) is 16.2. The molecule has 0 aromatic carbocycles. The third-order valence-electron chi connectivity index (χ3n) is 3.28. The molecule has 1 rings (SSSR count). The van der Waals surface area contributed by atoms with Crippen molar-refractivity contribution in [2.24, 2.45) is 4.99 Å². The Kier molecular flexibility index (Phi) is 10.9. The molecule has 0 saturated heterocycles. The standard InChI is InChI=1S/C16H25N7O4S/c1-4-26-16(25)27-7-6-22(3)15(24)23-9-13(21-12-23)10-28-8-5-19-14(18-2)20-11-17/h9,12H,4-8,10H2,1-3H3,(H2,18,19,20). The second kappa shape index (κ2) is 13.3. The molecule has 0 spiro atoms. The minimum absolute atomic E-state index is 0.0508. The Balaban J connectivity index is 2.31. The van der Waals surface area contributed by atoms with Gasteiger partial charge in [0, 0.05) is 38.3 Å². The molecule has 2 N–H and O–H groups in total. The van der Waals surface area contributed by atoms with Gasteiger partial charge < -0.3 is 19.7 Å². The lowest BCUT2D eigenvalue weighted by atomic mass is 10.5. The van der Waals surface area contributed by atoms with Crippen molar-refractivity contribution in [1.82, 2.24) is 25.1 Å². The number of nitrogens with one attached hydrogen (secondary N) is 2. The summed E-state index contributed by atoms with van der Waals surface area (Å²) in [5.74, 6) is 1.84. The third-order valence-corrected chi connectivity index (χ3v) is 4.27. The summed E-state index contributed by atoms with van der Waals surface area (Å²) in [4.78, 5) is 33.0. The first-order valence-electron chi connectivity index (χ1n) is 8.53. The van der Waals surface area contributed by atoms with E-state index in [1.807, 2.05) is 0 Å². The van der Waals surface area contributed by atoms with Crippen molar-refractivity contribution in [1.29, 1.82) is 5.26 Å². The number of hydrogen-bond acceptors (Lipinski definition) is 8. The SMILES string of the molecule is CCOC(=O)OCCN(C)C(=O)n1cnc(CSCCNC(=NC)NC#N)c1. The molecular formula is C16H25N7O4S. The van der Waals surface area contributed by atoms with Crippen LogP contribution in [0.4, 0.5) is 9.59 Å². The quantitative estimate of drug-likeness (QED) is 0.151. The molecule has 1 aromatic heterocycles. The van der Waals surface area contributed by atoms with Crippen molar-refractivity contribution in [2.75, 3.05) is 46.2 Å². The summed E-state index contributed by atoms with van der Waals surface area (Å²) in [6.07, 6.45) is 4.18. The van der Waals surface area contributed by atoms with Gasteiger partial charge in [-0.2, -0.15) is 17.0 Å². The highest BCUT2D eigenvalue weighted by molar-refractivity contribution is 7.98. The zero-order valence-corrected chi connectivity index (χ0v) is 17.0. The molecule has 1 aromatic rings. The van der Waals surface area contributed by atoms with Crippen molar-refractivity contribution >= 4 is 29.9 Å². The fraction of sp³-hybridized carbons (Fsp3) is 0.562. The number of aromatic nitrogens is 2. The number of hydrogen-bond donors (Lipinski definition) is 2. The van der Waals surface area contributed by atoms with Gasteiger partial charge in [0.1, 0.15) is 12.9 Å². The van der Waals surface area contributed by atoms with Crippen molar-refractivity contribution in [3.63, 3.8) is 0 Å². The first-order valence-corrected chi connectivity index (χ1v) is 9.68. The van der Waals surface area contributed by atoms with E-state index in [4.69, 9.17) is 10.00 Å². The van der Waals surface area contributed by atoms with Gasteiger partial charge in [-0.25, -0.2) is 14.6 Å². The van der Waals surface area contributed by atoms with Crippen LogP contribution in [0.15, 0.2) is 17.5 Å². The second-order valence-corrected chi connectivity index (χ2v) is 6.40. The lowest BCUT2D eigenvalue weighted by Crippen LogP contribution is -2.35. The van der Waals surface area contributed by atoms with Crippen LogP contribution in [0.1, 0.15) is 12.6 Å². The number of thioether (sulfide) groups is 1. The lowest BCUT2D eigenvalue weighted by molar-refractivity contribution is 0.0551. The van der Waals surface area contributed by atoms with E-state index in [-0.39, 0.29) is 25.8 Å². The highest BCUT2D eigenvalue weighted by atomic mass is 32.2. The summed E-state index contributed by atoms with van der Waals surface area (Å²) in [6.45, 7) is 2.85. The van der Waals surface area contributed by atoms with Gasteiger partial charge in [-0.05, 0) is 6.92 Å². The number of likely N-dealkylation sites (N-methyl/N-ethyl adjacent to an activating group) is 1. The number of carbonyl (C=O) groups excluding carboxylic acids is 2. The molecule has 0 aliphatic carbocycles. The van der Waals surface area contributed by atoms with Crippen LogP contribution in [-0.2, 0) is 15.2 Å². The maximum atomic E-state index is 12.3. The first-order chi connectivity index (χ1) is 13.5. The van der Waals surface area contributed by atoms with Crippen molar-refractivity contribution in [2.45, 2.75) is 12.7 Å².